The van der Waals surface area contributed by atoms with Crippen molar-refractivity contribution < 1.29 is 14.6 Å². The summed E-state index contributed by atoms with van der Waals surface area (Å²) in [5, 5.41) is 9.85. The predicted molar refractivity (Wildman–Crippen MR) is 65.8 cm³/mol. The zero-order chi connectivity index (χ0) is 12.5. The van der Waals surface area contributed by atoms with Crippen molar-refractivity contribution >= 4 is 0 Å². The highest BCUT2D eigenvalue weighted by atomic mass is 16.5. The molecule has 0 atom stereocenters. The summed E-state index contributed by atoms with van der Waals surface area (Å²) in [6, 6.07) is 3.78. The molecule has 17 heavy (non-hydrogen) atoms. The highest BCUT2D eigenvalue weighted by Gasteiger charge is 2.44. The number of ether oxygens (including phenoxy) is 2. The molecule has 1 aromatic rings. The monoisotopic (exact) mass is 237 g/mol. The first-order valence-corrected chi connectivity index (χ1v) is 5.82. The molecule has 0 unspecified atom stereocenters. The van der Waals surface area contributed by atoms with E-state index in [0.29, 0.717) is 18.0 Å². The molecule has 1 saturated carbocycles. The van der Waals surface area contributed by atoms with Crippen LogP contribution in [-0.2, 0) is 5.41 Å². The Bertz CT molecular complexity index is 388. The number of nitrogens with two attached hydrogens (primary N) is 1. The van der Waals surface area contributed by atoms with Gasteiger partial charge in [-0.3, -0.25) is 0 Å². The van der Waals surface area contributed by atoms with Crippen LogP contribution < -0.4 is 15.2 Å². The van der Waals surface area contributed by atoms with Crippen LogP contribution in [0.1, 0.15) is 24.8 Å². The molecule has 0 heterocycles. The Morgan fingerprint density at radius 1 is 1.24 bits per heavy atom. The summed E-state index contributed by atoms with van der Waals surface area (Å²) < 4.78 is 10.3. The molecule has 0 radical (unpaired) electrons. The number of hydrogen-bond acceptors (Lipinski definition) is 4. The van der Waals surface area contributed by atoms with Crippen LogP contribution in [-0.4, -0.2) is 25.9 Å². The summed E-state index contributed by atoms with van der Waals surface area (Å²) in [6.45, 7) is 0.672. The van der Waals surface area contributed by atoms with Crippen molar-refractivity contribution in [3.8, 4) is 17.2 Å². The Labute approximate surface area is 101 Å². The maximum absolute atomic E-state index is 9.85. The van der Waals surface area contributed by atoms with Gasteiger partial charge in [0.25, 0.3) is 0 Å². The third kappa shape index (κ3) is 2.05. The highest BCUT2D eigenvalue weighted by Crippen LogP contribution is 2.53. The van der Waals surface area contributed by atoms with Gasteiger partial charge in [0.2, 0.25) is 5.75 Å². The van der Waals surface area contributed by atoms with E-state index >= 15 is 0 Å². The van der Waals surface area contributed by atoms with Gasteiger partial charge in [0.1, 0.15) is 0 Å². The van der Waals surface area contributed by atoms with E-state index in [1.165, 1.54) is 0 Å². The first-order chi connectivity index (χ1) is 8.16. The van der Waals surface area contributed by atoms with Crippen LogP contribution in [0.5, 0.6) is 17.2 Å². The second kappa shape index (κ2) is 4.45. The number of phenols is 1. The Kier molecular flexibility index (Phi) is 3.15. The van der Waals surface area contributed by atoms with Crippen molar-refractivity contribution in [3.05, 3.63) is 17.7 Å². The van der Waals surface area contributed by atoms with Crippen LogP contribution >= 0.6 is 0 Å². The number of phenolic OH excluding ortho intramolecular Hbond substituents is 1. The van der Waals surface area contributed by atoms with Crippen molar-refractivity contribution in [2.45, 2.75) is 24.7 Å². The number of hydrogen-bond donors (Lipinski definition) is 2. The molecule has 0 amide bonds. The van der Waals surface area contributed by atoms with Crippen LogP contribution in [0.4, 0.5) is 0 Å². The van der Waals surface area contributed by atoms with Crippen LogP contribution in [0.25, 0.3) is 0 Å². The molecule has 0 aromatic heterocycles. The summed E-state index contributed by atoms with van der Waals surface area (Å²) in [6.07, 6.45) is 3.24. The maximum atomic E-state index is 9.85. The van der Waals surface area contributed by atoms with E-state index in [2.05, 4.69) is 0 Å². The van der Waals surface area contributed by atoms with Gasteiger partial charge in [0, 0.05) is 0 Å². The lowest BCUT2D eigenvalue weighted by Gasteiger charge is -2.18. The van der Waals surface area contributed by atoms with Gasteiger partial charge in [-0.15, -0.1) is 0 Å². The van der Waals surface area contributed by atoms with E-state index in [4.69, 9.17) is 15.2 Å². The minimum Gasteiger partial charge on any atom is -0.502 e. The maximum Gasteiger partial charge on any atom is 0.200 e. The number of aromatic hydroxyl groups is 1. The van der Waals surface area contributed by atoms with E-state index in [9.17, 15) is 5.11 Å². The van der Waals surface area contributed by atoms with Crippen molar-refractivity contribution in [1.82, 2.24) is 0 Å². The first kappa shape index (κ1) is 12.0. The lowest BCUT2D eigenvalue weighted by molar-refractivity contribution is 0.338. The van der Waals surface area contributed by atoms with E-state index in [1.807, 2.05) is 12.1 Å². The van der Waals surface area contributed by atoms with Gasteiger partial charge < -0.3 is 20.3 Å². The fourth-order valence-electron chi connectivity index (χ4n) is 2.31. The van der Waals surface area contributed by atoms with Gasteiger partial charge in [-0.05, 0) is 48.9 Å². The minimum absolute atomic E-state index is 0.0577. The van der Waals surface area contributed by atoms with Crippen LogP contribution in [0.15, 0.2) is 12.1 Å². The number of benzene rings is 1. The molecule has 0 bridgehead atoms. The summed E-state index contributed by atoms with van der Waals surface area (Å²) in [5.74, 6) is 0.979. The predicted octanol–water partition coefficient (Wildman–Crippen LogP) is 1.79. The molecule has 1 fully saturated rings. The Balaban J connectivity index is 2.41. The fraction of sp³-hybridized carbons (Fsp3) is 0.538. The molecular weight excluding hydrogens is 218 g/mol. The molecular formula is C13H19NO3. The van der Waals surface area contributed by atoms with Crippen LogP contribution in [0.3, 0.4) is 0 Å². The van der Waals surface area contributed by atoms with E-state index < -0.39 is 0 Å². The van der Waals surface area contributed by atoms with Crippen molar-refractivity contribution in [1.29, 1.82) is 0 Å². The van der Waals surface area contributed by atoms with Crippen LogP contribution in [0, 0.1) is 0 Å². The fourth-order valence-corrected chi connectivity index (χ4v) is 2.31. The van der Waals surface area contributed by atoms with Crippen molar-refractivity contribution in [2.24, 2.45) is 5.73 Å². The van der Waals surface area contributed by atoms with Gasteiger partial charge in [-0.25, -0.2) is 0 Å². The zero-order valence-corrected chi connectivity index (χ0v) is 10.3. The average molecular weight is 237 g/mol. The Hall–Kier alpha value is -1.42. The quantitative estimate of drug-likeness (QED) is 0.819. The van der Waals surface area contributed by atoms with Gasteiger partial charge in [-0.1, -0.05) is 0 Å². The van der Waals surface area contributed by atoms with E-state index in [-0.39, 0.29) is 11.2 Å². The van der Waals surface area contributed by atoms with Crippen molar-refractivity contribution in [3.63, 3.8) is 0 Å². The molecule has 2 rings (SSSR count). The van der Waals surface area contributed by atoms with E-state index in [1.54, 1.807) is 14.2 Å². The lowest BCUT2D eigenvalue weighted by Crippen LogP contribution is -2.13. The smallest absolute Gasteiger partial charge is 0.200 e. The molecule has 1 aliphatic carbocycles. The zero-order valence-electron chi connectivity index (χ0n) is 10.3. The minimum atomic E-state index is 0.0577. The lowest BCUT2D eigenvalue weighted by atomic mass is 9.92. The van der Waals surface area contributed by atoms with Crippen LogP contribution in [0.2, 0.25) is 0 Å². The summed E-state index contributed by atoms with van der Waals surface area (Å²) >= 11 is 0. The molecule has 0 saturated heterocycles. The molecule has 1 aromatic carbocycles. The summed E-state index contributed by atoms with van der Waals surface area (Å²) in [7, 11) is 3.08. The normalized spacial score (nSPS) is 16.6. The van der Waals surface area contributed by atoms with Gasteiger partial charge in [0.05, 0.1) is 14.2 Å². The summed E-state index contributed by atoms with van der Waals surface area (Å²) in [4.78, 5) is 0. The molecule has 4 nitrogen and oxygen atoms in total. The number of methoxy groups -OCH3 is 2. The van der Waals surface area contributed by atoms with Crippen molar-refractivity contribution in [2.75, 3.05) is 20.8 Å². The van der Waals surface area contributed by atoms with Gasteiger partial charge in [-0.2, -0.15) is 0 Å². The largest absolute Gasteiger partial charge is 0.502 e. The molecule has 4 heteroatoms. The topological polar surface area (TPSA) is 64.7 Å². The third-order valence-corrected chi connectivity index (χ3v) is 3.57. The molecule has 1 aliphatic rings. The summed E-state index contributed by atoms with van der Waals surface area (Å²) in [5.41, 5.74) is 6.97. The molecule has 94 valence electrons. The molecule has 3 N–H and O–H groups in total. The second-order valence-corrected chi connectivity index (χ2v) is 4.55. The second-order valence-electron chi connectivity index (χ2n) is 4.55. The SMILES string of the molecule is COc1cc(C2(CCN)CC2)cc(OC)c1O. The standard InChI is InChI=1S/C13H19NO3/c1-16-10-7-9(8-11(17-2)12(10)15)13(3-4-13)5-6-14/h7-8,15H,3-6,14H2,1-2H3. The highest BCUT2D eigenvalue weighted by molar-refractivity contribution is 5.55. The third-order valence-electron chi connectivity index (χ3n) is 3.57. The average Bonchev–Trinajstić information content (AvgIpc) is 3.11. The first-order valence-electron chi connectivity index (χ1n) is 5.82. The molecule has 0 spiro atoms. The number of rotatable bonds is 5. The Morgan fingerprint density at radius 3 is 2.12 bits per heavy atom. The van der Waals surface area contributed by atoms with Gasteiger partial charge >= 0.3 is 0 Å². The van der Waals surface area contributed by atoms with Gasteiger partial charge in [0.15, 0.2) is 11.5 Å². The Morgan fingerprint density at radius 2 is 1.76 bits per heavy atom. The molecule has 0 aliphatic heterocycles. The van der Waals surface area contributed by atoms with E-state index in [0.717, 1.165) is 24.8 Å².